The molecule has 0 aliphatic carbocycles. The first-order chi connectivity index (χ1) is 7.95. The Morgan fingerprint density at radius 3 is 2.75 bits per heavy atom. The molecule has 16 heavy (non-hydrogen) atoms. The summed E-state index contributed by atoms with van der Waals surface area (Å²) in [5.41, 5.74) is 2.46. The van der Waals surface area contributed by atoms with Crippen LogP contribution < -0.4 is 0 Å². The first-order valence-corrected chi connectivity index (χ1v) is 6.20. The van der Waals surface area contributed by atoms with E-state index in [9.17, 15) is 0 Å². The van der Waals surface area contributed by atoms with Crippen molar-refractivity contribution in [3.05, 3.63) is 64.4 Å². The molecule has 1 aromatic heterocycles. The summed E-state index contributed by atoms with van der Waals surface area (Å²) in [4.78, 5) is 0. The van der Waals surface area contributed by atoms with Gasteiger partial charge in [-0.1, -0.05) is 42.5 Å². The van der Waals surface area contributed by atoms with Gasteiger partial charge in [-0.05, 0) is 28.0 Å². The van der Waals surface area contributed by atoms with Crippen LogP contribution in [0.15, 0.2) is 53.2 Å². The fourth-order valence-electron chi connectivity index (χ4n) is 1.37. The summed E-state index contributed by atoms with van der Waals surface area (Å²) in [7, 11) is 0. The van der Waals surface area contributed by atoms with Crippen molar-refractivity contribution < 1.29 is 4.74 Å². The summed E-state index contributed by atoms with van der Waals surface area (Å²) in [6.45, 7) is 1.33. The average molecular weight is 230 g/mol. The minimum absolute atomic E-state index is 0.657. The number of hydrogen-bond acceptors (Lipinski definition) is 2. The van der Waals surface area contributed by atoms with Gasteiger partial charge in [-0.25, -0.2) is 0 Å². The molecule has 1 nitrogen and oxygen atoms in total. The van der Waals surface area contributed by atoms with E-state index in [2.05, 4.69) is 35.0 Å². The average Bonchev–Trinajstić information content (AvgIpc) is 2.83. The molecular formula is C14H14OS. The van der Waals surface area contributed by atoms with Crippen molar-refractivity contribution in [2.75, 3.05) is 6.61 Å². The van der Waals surface area contributed by atoms with Crippen LogP contribution in [0, 0.1) is 0 Å². The second kappa shape index (κ2) is 6.26. The third-order valence-corrected chi connectivity index (χ3v) is 2.88. The maximum absolute atomic E-state index is 5.53. The molecule has 0 radical (unpaired) electrons. The Morgan fingerprint density at radius 1 is 1.12 bits per heavy atom. The molecule has 2 aromatic rings. The van der Waals surface area contributed by atoms with Crippen molar-refractivity contribution in [2.45, 2.75) is 6.61 Å². The highest BCUT2D eigenvalue weighted by Crippen LogP contribution is 2.07. The quantitative estimate of drug-likeness (QED) is 0.706. The lowest BCUT2D eigenvalue weighted by molar-refractivity contribution is 0.149. The van der Waals surface area contributed by atoms with Gasteiger partial charge >= 0.3 is 0 Å². The van der Waals surface area contributed by atoms with Gasteiger partial charge in [0.25, 0.3) is 0 Å². The molecule has 0 atom stereocenters. The van der Waals surface area contributed by atoms with Crippen LogP contribution in [0.1, 0.15) is 11.1 Å². The second-order valence-electron chi connectivity index (χ2n) is 3.46. The van der Waals surface area contributed by atoms with Crippen molar-refractivity contribution in [3.63, 3.8) is 0 Å². The number of hydrogen-bond donors (Lipinski definition) is 0. The van der Waals surface area contributed by atoms with Crippen molar-refractivity contribution in [1.82, 2.24) is 0 Å². The van der Waals surface area contributed by atoms with E-state index in [-0.39, 0.29) is 0 Å². The second-order valence-corrected chi connectivity index (χ2v) is 4.24. The molecule has 0 spiro atoms. The Hall–Kier alpha value is -1.38. The first-order valence-electron chi connectivity index (χ1n) is 5.25. The minimum Gasteiger partial charge on any atom is -0.373 e. The number of ether oxygens (including phenoxy) is 1. The normalized spacial score (nSPS) is 11.0. The third kappa shape index (κ3) is 3.65. The molecular weight excluding hydrogens is 216 g/mol. The highest BCUT2D eigenvalue weighted by atomic mass is 32.1. The monoisotopic (exact) mass is 230 g/mol. The van der Waals surface area contributed by atoms with Gasteiger partial charge in [0.05, 0.1) is 13.2 Å². The molecule has 0 bridgehead atoms. The van der Waals surface area contributed by atoms with Crippen LogP contribution in [0.5, 0.6) is 0 Å². The molecule has 0 unspecified atom stereocenters. The molecule has 0 saturated heterocycles. The predicted octanol–water partition coefficient (Wildman–Crippen LogP) is 3.98. The SMILES string of the molecule is C(=C\c1ccsc1)/COCc1ccccc1. The van der Waals surface area contributed by atoms with Crippen LogP contribution in [-0.2, 0) is 11.3 Å². The van der Waals surface area contributed by atoms with Gasteiger partial charge in [0, 0.05) is 0 Å². The van der Waals surface area contributed by atoms with Gasteiger partial charge in [0.2, 0.25) is 0 Å². The van der Waals surface area contributed by atoms with Crippen LogP contribution in [0.3, 0.4) is 0 Å². The highest BCUT2D eigenvalue weighted by Gasteiger charge is 1.89. The van der Waals surface area contributed by atoms with E-state index >= 15 is 0 Å². The number of rotatable bonds is 5. The molecule has 0 aliphatic rings. The van der Waals surface area contributed by atoms with Gasteiger partial charge in [-0.2, -0.15) is 11.3 Å². The van der Waals surface area contributed by atoms with E-state index < -0.39 is 0 Å². The van der Waals surface area contributed by atoms with E-state index in [1.807, 2.05) is 24.3 Å². The molecule has 0 fully saturated rings. The Morgan fingerprint density at radius 2 is 2.00 bits per heavy atom. The van der Waals surface area contributed by atoms with E-state index in [0.29, 0.717) is 13.2 Å². The fourth-order valence-corrected chi connectivity index (χ4v) is 2.00. The summed E-state index contributed by atoms with van der Waals surface area (Å²) in [5, 5.41) is 4.19. The fraction of sp³-hybridized carbons (Fsp3) is 0.143. The summed E-state index contributed by atoms with van der Waals surface area (Å²) in [5.74, 6) is 0. The predicted molar refractivity (Wildman–Crippen MR) is 69.5 cm³/mol. The van der Waals surface area contributed by atoms with Crippen molar-refractivity contribution >= 4 is 17.4 Å². The Balaban J connectivity index is 1.69. The lowest BCUT2D eigenvalue weighted by Crippen LogP contribution is -1.91. The molecule has 2 rings (SSSR count). The van der Waals surface area contributed by atoms with Crippen molar-refractivity contribution in [3.8, 4) is 0 Å². The van der Waals surface area contributed by atoms with E-state index in [0.717, 1.165) is 0 Å². The Bertz CT molecular complexity index is 417. The molecule has 0 saturated carbocycles. The zero-order valence-electron chi connectivity index (χ0n) is 9.00. The minimum atomic E-state index is 0.657. The zero-order chi connectivity index (χ0) is 11.1. The lowest BCUT2D eigenvalue weighted by atomic mass is 10.2. The van der Waals surface area contributed by atoms with Gasteiger partial charge in [0.1, 0.15) is 0 Å². The Kier molecular flexibility index (Phi) is 4.35. The highest BCUT2D eigenvalue weighted by molar-refractivity contribution is 7.08. The van der Waals surface area contributed by atoms with Gasteiger partial charge in [-0.3, -0.25) is 0 Å². The smallest absolute Gasteiger partial charge is 0.0721 e. The van der Waals surface area contributed by atoms with Crippen molar-refractivity contribution in [1.29, 1.82) is 0 Å². The topological polar surface area (TPSA) is 9.23 Å². The van der Waals surface area contributed by atoms with Gasteiger partial charge in [-0.15, -0.1) is 0 Å². The summed E-state index contributed by atoms with van der Waals surface area (Å²) in [6.07, 6.45) is 4.13. The first kappa shape index (κ1) is 11.1. The summed E-state index contributed by atoms with van der Waals surface area (Å²) >= 11 is 1.71. The largest absolute Gasteiger partial charge is 0.373 e. The zero-order valence-corrected chi connectivity index (χ0v) is 9.82. The molecule has 0 N–H and O–H groups in total. The summed E-state index contributed by atoms with van der Waals surface area (Å²) < 4.78 is 5.53. The van der Waals surface area contributed by atoms with Gasteiger partial charge in [0.15, 0.2) is 0 Å². The van der Waals surface area contributed by atoms with Crippen LogP contribution in [0.25, 0.3) is 6.08 Å². The number of thiophene rings is 1. The standard InChI is InChI=1S/C14H14OS/c1-2-5-13(6-3-1)11-15-9-4-7-14-8-10-16-12-14/h1-8,10,12H,9,11H2/b7-4+. The molecule has 1 aromatic carbocycles. The van der Waals surface area contributed by atoms with Crippen LogP contribution in [0.4, 0.5) is 0 Å². The Labute approximate surface area is 100 Å². The molecule has 1 heterocycles. The molecule has 0 amide bonds. The maximum atomic E-state index is 5.53. The molecule has 82 valence electrons. The van der Waals surface area contributed by atoms with Crippen LogP contribution in [0.2, 0.25) is 0 Å². The molecule has 2 heteroatoms. The summed E-state index contributed by atoms with van der Waals surface area (Å²) in [6, 6.07) is 12.3. The third-order valence-electron chi connectivity index (χ3n) is 2.18. The van der Waals surface area contributed by atoms with Gasteiger partial charge < -0.3 is 4.74 Å². The van der Waals surface area contributed by atoms with Crippen molar-refractivity contribution in [2.24, 2.45) is 0 Å². The van der Waals surface area contributed by atoms with E-state index in [1.54, 1.807) is 11.3 Å². The lowest BCUT2D eigenvalue weighted by Gasteiger charge is -2.00. The van der Waals surface area contributed by atoms with Crippen LogP contribution >= 0.6 is 11.3 Å². The van der Waals surface area contributed by atoms with E-state index in [4.69, 9.17) is 4.74 Å². The number of benzene rings is 1. The van der Waals surface area contributed by atoms with E-state index in [1.165, 1.54) is 11.1 Å². The molecule has 0 aliphatic heterocycles. The maximum Gasteiger partial charge on any atom is 0.0721 e. The van der Waals surface area contributed by atoms with Crippen LogP contribution in [-0.4, -0.2) is 6.61 Å².